The number of nitrogens with zero attached hydrogens (tertiary/aromatic N) is 4. The molecule has 0 aliphatic carbocycles. The Morgan fingerprint density at radius 1 is 1.20 bits per heavy atom. The molecule has 25 heavy (non-hydrogen) atoms. The molecule has 3 aromatic rings. The summed E-state index contributed by atoms with van der Waals surface area (Å²) < 4.78 is 5.33. The maximum atomic E-state index is 9.57. The van der Waals surface area contributed by atoms with Crippen LogP contribution in [-0.2, 0) is 0 Å². The van der Waals surface area contributed by atoms with E-state index in [9.17, 15) is 5.11 Å². The summed E-state index contributed by atoms with van der Waals surface area (Å²) >= 11 is 5.99. The number of para-hydroxylation sites is 1. The lowest BCUT2D eigenvalue weighted by atomic mass is 10.1. The highest BCUT2D eigenvalue weighted by atomic mass is 35.5. The molecule has 7 nitrogen and oxygen atoms in total. The van der Waals surface area contributed by atoms with Crippen molar-refractivity contribution in [1.29, 1.82) is 0 Å². The maximum Gasteiger partial charge on any atom is 0.263 e. The van der Waals surface area contributed by atoms with Crippen molar-refractivity contribution in [2.45, 2.75) is 0 Å². The maximum absolute atomic E-state index is 9.57. The number of phenols is 1. The summed E-state index contributed by atoms with van der Waals surface area (Å²) in [6.07, 6.45) is 3.00. The van der Waals surface area contributed by atoms with Crippen LogP contribution in [0.4, 0.5) is 5.95 Å². The molecule has 1 heterocycles. The first-order valence-electron chi connectivity index (χ1n) is 7.28. The molecule has 0 saturated carbocycles. The number of aromatic nitrogens is 3. The minimum absolute atomic E-state index is 0.0123. The first-order chi connectivity index (χ1) is 12.2. The molecule has 0 atom stereocenters. The van der Waals surface area contributed by atoms with Crippen LogP contribution in [0.2, 0.25) is 5.02 Å². The zero-order valence-corrected chi connectivity index (χ0v) is 14.0. The number of hydrogen-bond acceptors (Lipinski definition) is 7. The van der Waals surface area contributed by atoms with Crippen LogP contribution in [0.5, 0.6) is 11.5 Å². The van der Waals surface area contributed by atoms with Crippen molar-refractivity contribution in [2.24, 2.45) is 5.10 Å². The number of rotatable bonds is 5. The average Bonchev–Trinajstić information content (AvgIpc) is 2.65. The number of ether oxygens (including phenoxy) is 1. The summed E-state index contributed by atoms with van der Waals surface area (Å²) in [5, 5.41) is 21.6. The van der Waals surface area contributed by atoms with Crippen molar-refractivity contribution in [3.8, 4) is 22.8 Å². The molecule has 0 fully saturated rings. The third kappa shape index (κ3) is 3.84. The van der Waals surface area contributed by atoms with Gasteiger partial charge in [-0.3, -0.25) is 0 Å². The Labute approximate surface area is 149 Å². The van der Waals surface area contributed by atoms with Gasteiger partial charge in [0.2, 0.25) is 0 Å². The Morgan fingerprint density at radius 2 is 2.04 bits per heavy atom. The van der Waals surface area contributed by atoms with E-state index in [1.807, 2.05) is 24.3 Å². The fourth-order valence-corrected chi connectivity index (χ4v) is 2.31. The van der Waals surface area contributed by atoms with Gasteiger partial charge in [-0.25, -0.2) is 10.4 Å². The summed E-state index contributed by atoms with van der Waals surface area (Å²) in [5.74, 6) is 0.890. The molecular formula is C17H14ClN5O2. The third-order valence-electron chi connectivity index (χ3n) is 3.32. The number of anilines is 1. The molecule has 1 aromatic heterocycles. The van der Waals surface area contributed by atoms with E-state index in [0.29, 0.717) is 17.0 Å². The van der Waals surface area contributed by atoms with E-state index in [2.05, 4.69) is 25.7 Å². The van der Waals surface area contributed by atoms with Crippen LogP contribution in [-0.4, -0.2) is 33.6 Å². The standard InChI is InChI=1S/C17H14ClN5O2/c1-25-15-8-3-2-6-12(15)13-10-20-23-17(21-13)22-19-9-11-5-4-7-14(24)16(11)18/h2-10,24H,1H3,(H,21,22,23)/b19-9-. The van der Waals surface area contributed by atoms with Gasteiger partial charge in [0.05, 0.1) is 30.2 Å². The zero-order valence-electron chi connectivity index (χ0n) is 13.2. The van der Waals surface area contributed by atoms with Crippen LogP contribution >= 0.6 is 11.6 Å². The first kappa shape index (κ1) is 16.7. The Bertz CT molecular complexity index is 917. The van der Waals surface area contributed by atoms with E-state index in [-0.39, 0.29) is 16.7 Å². The normalized spacial score (nSPS) is 10.8. The Balaban J connectivity index is 1.80. The van der Waals surface area contributed by atoms with E-state index in [0.717, 1.165) is 5.56 Å². The summed E-state index contributed by atoms with van der Waals surface area (Å²) in [6, 6.07) is 12.4. The summed E-state index contributed by atoms with van der Waals surface area (Å²) in [6.45, 7) is 0. The van der Waals surface area contributed by atoms with E-state index < -0.39 is 0 Å². The van der Waals surface area contributed by atoms with Crippen LogP contribution in [0.25, 0.3) is 11.3 Å². The van der Waals surface area contributed by atoms with E-state index in [4.69, 9.17) is 16.3 Å². The number of hydrazone groups is 1. The van der Waals surface area contributed by atoms with Crippen LogP contribution < -0.4 is 10.2 Å². The van der Waals surface area contributed by atoms with Gasteiger partial charge < -0.3 is 9.84 Å². The number of nitrogens with one attached hydrogen (secondary N) is 1. The van der Waals surface area contributed by atoms with Gasteiger partial charge in [0, 0.05) is 11.1 Å². The van der Waals surface area contributed by atoms with Gasteiger partial charge >= 0.3 is 0 Å². The molecule has 0 radical (unpaired) electrons. The summed E-state index contributed by atoms with van der Waals surface area (Å²) in [7, 11) is 1.59. The molecular weight excluding hydrogens is 342 g/mol. The second-order valence-corrected chi connectivity index (χ2v) is 5.29. The predicted octanol–water partition coefficient (Wildman–Crippen LogP) is 3.35. The van der Waals surface area contributed by atoms with Crippen molar-refractivity contribution in [1.82, 2.24) is 15.2 Å². The smallest absolute Gasteiger partial charge is 0.263 e. The van der Waals surface area contributed by atoms with Crippen molar-refractivity contribution in [2.75, 3.05) is 12.5 Å². The Kier molecular flexibility index (Phi) is 5.06. The van der Waals surface area contributed by atoms with Crippen LogP contribution in [0, 0.1) is 0 Å². The molecule has 8 heteroatoms. The van der Waals surface area contributed by atoms with E-state index in [1.165, 1.54) is 12.3 Å². The van der Waals surface area contributed by atoms with Crippen molar-refractivity contribution < 1.29 is 9.84 Å². The van der Waals surface area contributed by atoms with E-state index >= 15 is 0 Å². The van der Waals surface area contributed by atoms with Gasteiger partial charge in [0.25, 0.3) is 5.95 Å². The first-order valence-corrected chi connectivity index (χ1v) is 7.66. The van der Waals surface area contributed by atoms with Gasteiger partial charge in [-0.1, -0.05) is 35.9 Å². The van der Waals surface area contributed by atoms with E-state index in [1.54, 1.807) is 25.4 Å². The molecule has 126 valence electrons. The van der Waals surface area contributed by atoms with Crippen LogP contribution in [0.1, 0.15) is 5.56 Å². The average molecular weight is 356 g/mol. The molecule has 0 aliphatic rings. The largest absolute Gasteiger partial charge is 0.506 e. The lowest BCUT2D eigenvalue weighted by molar-refractivity contribution is 0.416. The Morgan fingerprint density at radius 3 is 2.88 bits per heavy atom. The second kappa shape index (κ2) is 7.59. The molecule has 0 aliphatic heterocycles. The molecule has 2 aromatic carbocycles. The highest BCUT2D eigenvalue weighted by Gasteiger charge is 2.08. The second-order valence-electron chi connectivity index (χ2n) is 4.92. The topological polar surface area (TPSA) is 92.5 Å². The molecule has 0 saturated heterocycles. The van der Waals surface area contributed by atoms with Gasteiger partial charge in [0.1, 0.15) is 11.5 Å². The van der Waals surface area contributed by atoms with Gasteiger partial charge in [-0.2, -0.15) is 10.2 Å². The quantitative estimate of drug-likeness (QED) is 0.538. The molecule has 0 amide bonds. The van der Waals surface area contributed by atoms with Crippen molar-refractivity contribution in [3.05, 3.63) is 59.2 Å². The number of phenolic OH excluding ortho intramolecular Hbond substituents is 1. The highest BCUT2D eigenvalue weighted by molar-refractivity contribution is 6.34. The number of halogens is 1. The third-order valence-corrected chi connectivity index (χ3v) is 3.73. The lowest BCUT2D eigenvalue weighted by Crippen LogP contribution is -2.00. The molecule has 3 rings (SSSR count). The number of hydrogen-bond donors (Lipinski definition) is 2. The van der Waals surface area contributed by atoms with Gasteiger partial charge in [0.15, 0.2) is 0 Å². The Hall–Kier alpha value is -3.19. The van der Waals surface area contributed by atoms with Crippen molar-refractivity contribution in [3.63, 3.8) is 0 Å². The summed E-state index contributed by atoms with van der Waals surface area (Å²) in [4.78, 5) is 4.36. The molecule has 0 spiro atoms. The fraction of sp³-hybridized carbons (Fsp3) is 0.0588. The molecule has 0 unspecified atom stereocenters. The number of methoxy groups -OCH3 is 1. The fourth-order valence-electron chi connectivity index (χ4n) is 2.13. The van der Waals surface area contributed by atoms with Crippen LogP contribution in [0.15, 0.2) is 53.8 Å². The summed E-state index contributed by atoms with van der Waals surface area (Å²) in [5.41, 5.74) is 4.64. The van der Waals surface area contributed by atoms with Gasteiger partial charge in [-0.05, 0) is 18.2 Å². The van der Waals surface area contributed by atoms with Crippen LogP contribution in [0.3, 0.4) is 0 Å². The minimum Gasteiger partial charge on any atom is -0.506 e. The molecule has 2 N–H and O–H groups in total. The number of aromatic hydroxyl groups is 1. The SMILES string of the molecule is COc1ccccc1-c1cnnc(N/N=C\c2cccc(O)c2Cl)n1. The lowest BCUT2D eigenvalue weighted by Gasteiger charge is -2.07. The number of benzene rings is 2. The zero-order chi connectivity index (χ0) is 17.6. The minimum atomic E-state index is -0.0123. The highest BCUT2D eigenvalue weighted by Crippen LogP contribution is 2.28. The molecule has 0 bridgehead atoms. The monoisotopic (exact) mass is 355 g/mol. The van der Waals surface area contributed by atoms with Gasteiger partial charge in [-0.15, -0.1) is 5.10 Å². The van der Waals surface area contributed by atoms with Crippen molar-refractivity contribution >= 4 is 23.8 Å². The predicted molar refractivity (Wildman–Crippen MR) is 96.1 cm³/mol.